The first-order valence-corrected chi connectivity index (χ1v) is 6.07. The minimum absolute atomic E-state index is 0.499. The Morgan fingerprint density at radius 1 is 1.44 bits per heavy atom. The molecular weight excluding hydrogens is 198 g/mol. The van der Waals surface area contributed by atoms with Gasteiger partial charge in [-0.2, -0.15) is 0 Å². The molecule has 1 aromatic rings. The van der Waals surface area contributed by atoms with E-state index in [0.717, 1.165) is 0 Å². The monoisotopic (exact) mass is 219 g/mol. The van der Waals surface area contributed by atoms with Crippen LogP contribution in [0, 0.1) is 0 Å². The number of aromatic nitrogens is 1. The van der Waals surface area contributed by atoms with Crippen molar-refractivity contribution in [3.05, 3.63) is 30.1 Å². The highest BCUT2D eigenvalue weighted by molar-refractivity contribution is 5.15. The van der Waals surface area contributed by atoms with E-state index in [1.807, 2.05) is 12.4 Å². The highest BCUT2D eigenvalue weighted by atomic mass is 15.1. The number of nitrogens with one attached hydrogen (secondary N) is 1. The molecule has 16 heavy (non-hydrogen) atoms. The number of nitrogens with zero attached hydrogens (tertiary/aromatic N) is 2. The fraction of sp³-hybridized carbons (Fsp3) is 0.615. The van der Waals surface area contributed by atoms with E-state index in [9.17, 15) is 0 Å². The van der Waals surface area contributed by atoms with E-state index in [2.05, 4.69) is 41.4 Å². The quantitative estimate of drug-likeness (QED) is 0.837. The molecule has 1 N–H and O–H groups in total. The zero-order valence-electron chi connectivity index (χ0n) is 10.2. The molecule has 88 valence electrons. The first-order chi connectivity index (χ1) is 7.77. The molecule has 1 aromatic heterocycles. The number of hydrogen-bond donors (Lipinski definition) is 1. The van der Waals surface area contributed by atoms with Crippen LogP contribution < -0.4 is 5.32 Å². The van der Waals surface area contributed by atoms with Gasteiger partial charge in [0.1, 0.15) is 0 Å². The Kier molecular flexibility index (Phi) is 3.91. The molecule has 2 unspecified atom stereocenters. The van der Waals surface area contributed by atoms with Gasteiger partial charge in [0.2, 0.25) is 0 Å². The first-order valence-electron chi connectivity index (χ1n) is 6.07. The van der Waals surface area contributed by atoms with Crippen LogP contribution in [0.4, 0.5) is 0 Å². The summed E-state index contributed by atoms with van der Waals surface area (Å²) in [5, 5.41) is 3.57. The molecule has 0 saturated carbocycles. The molecule has 1 aliphatic rings. The van der Waals surface area contributed by atoms with E-state index in [4.69, 9.17) is 0 Å². The van der Waals surface area contributed by atoms with Crippen molar-refractivity contribution in [1.29, 1.82) is 0 Å². The van der Waals surface area contributed by atoms with Gasteiger partial charge < -0.3 is 10.2 Å². The SMILES string of the molecule is CN(C)C(CC1CCCN1)c1ccncc1. The summed E-state index contributed by atoms with van der Waals surface area (Å²) in [5.74, 6) is 0. The molecule has 2 atom stereocenters. The smallest absolute Gasteiger partial charge is 0.0357 e. The number of pyridine rings is 1. The Hall–Kier alpha value is -0.930. The molecule has 3 heteroatoms. The van der Waals surface area contributed by atoms with Gasteiger partial charge in [-0.15, -0.1) is 0 Å². The van der Waals surface area contributed by atoms with E-state index < -0.39 is 0 Å². The third-order valence-electron chi connectivity index (χ3n) is 3.38. The number of hydrogen-bond acceptors (Lipinski definition) is 3. The Labute approximate surface area is 97.9 Å². The minimum Gasteiger partial charge on any atom is -0.314 e. The average molecular weight is 219 g/mol. The molecule has 0 bridgehead atoms. The van der Waals surface area contributed by atoms with Gasteiger partial charge in [-0.3, -0.25) is 4.98 Å². The second-order valence-electron chi connectivity index (χ2n) is 4.79. The Morgan fingerprint density at radius 3 is 2.75 bits per heavy atom. The molecule has 0 radical (unpaired) electrons. The van der Waals surface area contributed by atoms with Gasteiger partial charge in [-0.1, -0.05) is 0 Å². The van der Waals surface area contributed by atoms with Crippen LogP contribution in [0.5, 0.6) is 0 Å². The molecule has 2 heterocycles. The Morgan fingerprint density at radius 2 is 2.19 bits per heavy atom. The minimum atomic E-state index is 0.499. The molecular formula is C13H21N3. The van der Waals surface area contributed by atoms with Crippen LogP contribution in [0.1, 0.15) is 30.9 Å². The van der Waals surface area contributed by atoms with Crippen molar-refractivity contribution in [1.82, 2.24) is 15.2 Å². The molecule has 0 aliphatic carbocycles. The highest BCUT2D eigenvalue weighted by Crippen LogP contribution is 2.25. The van der Waals surface area contributed by atoms with Gasteiger partial charge >= 0.3 is 0 Å². The maximum absolute atomic E-state index is 4.08. The van der Waals surface area contributed by atoms with Crippen LogP contribution >= 0.6 is 0 Å². The van der Waals surface area contributed by atoms with Crippen molar-refractivity contribution in [2.45, 2.75) is 31.3 Å². The van der Waals surface area contributed by atoms with Gasteiger partial charge in [0.25, 0.3) is 0 Å². The lowest BCUT2D eigenvalue weighted by Crippen LogP contribution is -2.29. The van der Waals surface area contributed by atoms with Crippen LogP contribution in [0.2, 0.25) is 0 Å². The van der Waals surface area contributed by atoms with Gasteiger partial charge in [0.15, 0.2) is 0 Å². The zero-order valence-corrected chi connectivity index (χ0v) is 10.2. The zero-order chi connectivity index (χ0) is 11.4. The summed E-state index contributed by atoms with van der Waals surface area (Å²) < 4.78 is 0. The van der Waals surface area contributed by atoms with E-state index in [1.165, 1.54) is 31.4 Å². The van der Waals surface area contributed by atoms with Crippen molar-refractivity contribution in [2.24, 2.45) is 0 Å². The molecule has 3 nitrogen and oxygen atoms in total. The lowest BCUT2D eigenvalue weighted by Gasteiger charge is -2.27. The van der Waals surface area contributed by atoms with Gasteiger partial charge in [-0.25, -0.2) is 0 Å². The molecule has 0 spiro atoms. The van der Waals surface area contributed by atoms with Crippen molar-refractivity contribution in [3.8, 4) is 0 Å². The molecule has 1 saturated heterocycles. The lowest BCUT2D eigenvalue weighted by molar-refractivity contribution is 0.262. The van der Waals surface area contributed by atoms with E-state index in [0.29, 0.717) is 12.1 Å². The molecule has 0 amide bonds. The van der Waals surface area contributed by atoms with Crippen LogP contribution in [0.15, 0.2) is 24.5 Å². The molecule has 0 aromatic carbocycles. The van der Waals surface area contributed by atoms with Crippen molar-refractivity contribution in [3.63, 3.8) is 0 Å². The fourth-order valence-electron chi connectivity index (χ4n) is 2.46. The molecule has 2 rings (SSSR count). The molecule has 1 aliphatic heterocycles. The van der Waals surface area contributed by atoms with Crippen LogP contribution in [-0.2, 0) is 0 Å². The Balaban J connectivity index is 2.05. The van der Waals surface area contributed by atoms with Crippen LogP contribution in [0.3, 0.4) is 0 Å². The predicted octanol–water partition coefficient (Wildman–Crippen LogP) is 1.83. The van der Waals surface area contributed by atoms with E-state index in [1.54, 1.807) is 0 Å². The topological polar surface area (TPSA) is 28.2 Å². The van der Waals surface area contributed by atoms with Crippen molar-refractivity contribution < 1.29 is 0 Å². The normalized spacial score (nSPS) is 22.6. The van der Waals surface area contributed by atoms with Crippen molar-refractivity contribution in [2.75, 3.05) is 20.6 Å². The van der Waals surface area contributed by atoms with Crippen LogP contribution in [-0.4, -0.2) is 36.6 Å². The predicted molar refractivity (Wildman–Crippen MR) is 66.3 cm³/mol. The summed E-state index contributed by atoms with van der Waals surface area (Å²) in [6, 6.07) is 5.43. The second kappa shape index (κ2) is 5.41. The van der Waals surface area contributed by atoms with E-state index >= 15 is 0 Å². The maximum Gasteiger partial charge on any atom is 0.0357 e. The maximum atomic E-state index is 4.08. The van der Waals surface area contributed by atoms with Gasteiger partial charge in [-0.05, 0) is 57.6 Å². The first kappa shape index (κ1) is 11.6. The lowest BCUT2D eigenvalue weighted by atomic mass is 9.98. The summed E-state index contributed by atoms with van der Waals surface area (Å²) in [4.78, 5) is 6.39. The third-order valence-corrected chi connectivity index (χ3v) is 3.38. The van der Waals surface area contributed by atoms with E-state index in [-0.39, 0.29) is 0 Å². The summed E-state index contributed by atoms with van der Waals surface area (Å²) in [6.45, 7) is 1.18. The fourth-order valence-corrected chi connectivity index (χ4v) is 2.46. The second-order valence-corrected chi connectivity index (χ2v) is 4.79. The molecule has 1 fully saturated rings. The van der Waals surface area contributed by atoms with Crippen molar-refractivity contribution >= 4 is 0 Å². The highest BCUT2D eigenvalue weighted by Gasteiger charge is 2.21. The standard InChI is InChI=1S/C13H21N3/c1-16(2)13(10-12-4-3-7-15-12)11-5-8-14-9-6-11/h5-6,8-9,12-13,15H,3-4,7,10H2,1-2H3. The third kappa shape index (κ3) is 2.80. The average Bonchev–Trinajstić information content (AvgIpc) is 2.79. The summed E-state index contributed by atoms with van der Waals surface area (Å²) in [7, 11) is 4.31. The largest absolute Gasteiger partial charge is 0.314 e. The summed E-state index contributed by atoms with van der Waals surface area (Å²) in [5.41, 5.74) is 1.37. The van der Waals surface area contributed by atoms with Gasteiger partial charge in [0.05, 0.1) is 0 Å². The Bertz CT molecular complexity index is 304. The van der Waals surface area contributed by atoms with Crippen LogP contribution in [0.25, 0.3) is 0 Å². The summed E-state index contributed by atoms with van der Waals surface area (Å²) >= 11 is 0. The number of rotatable bonds is 4. The van der Waals surface area contributed by atoms with Gasteiger partial charge in [0, 0.05) is 24.5 Å². The summed E-state index contributed by atoms with van der Waals surface area (Å²) in [6.07, 6.45) is 7.59.